The third-order valence-electron chi connectivity index (χ3n) is 3.77. The molecule has 3 rings (SSSR count). The van der Waals surface area contributed by atoms with Crippen molar-refractivity contribution < 1.29 is 44.9 Å². The summed E-state index contributed by atoms with van der Waals surface area (Å²) in [4.78, 5) is 25.0. The fraction of sp³-hybridized carbons (Fsp3) is 0.250. The van der Waals surface area contributed by atoms with Crippen LogP contribution in [0.4, 0.5) is 13.2 Å². The molecule has 2 aromatic carbocycles. The lowest BCUT2D eigenvalue weighted by atomic mass is 9.95. The number of carbonyl (C=O) groups is 2. The van der Waals surface area contributed by atoms with E-state index in [1.54, 1.807) is 6.07 Å². The minimum atomic E-state index is -6.24. The highest BCUT2D eigenvalue weighted by Gasteiger charge is 2.51. The molecule has 8 nitrogen and oxygen atoms in total. The third-order valence-corrected chi connectivity index (χ3v) is 4.83. The van der Waals surface area contributed by atoms with Gasteiger partial charge in [0.2, 0.25) is 0 Å². The molecule has 0 bridgehead atoms. The van der Waals surface area contributed by atoms with Gasteiger partial charge < -0.3 is 9.47 Å². The lowest BCUT2D eigenvalue weighted by Gasteiger charge is -2.26. The fourth-order valence-electron chi connectivity index (χ4n) is 2.57. The number of nitrogens with zero attached hydrogens (tertiary/aromatic N) is 1. The molecule has 0 fully saturated rings. The van der Waals surface area contributed by atoms with E-state index in [9.17, 15) is 31.2 Å². The molecule has 0 aromatic heterocycles. The number of imide groups is 1. The van der Waals surface area contributed by atoms with E-state index in [0.717, 1.165) is 6.07 Å². The highest BCUT2D eigenvalue weighted by Crippen LogP contribution is 2.35. The van der Waals surface area contributed by atoms with Gasteiger partial charge in [0.05, 0.1) is 17.7 Å². The molecular formula is C16H11ClF3NO7S. The Kier molecular flexibility index (Phi) is 5.72. The van der Waals surface area contributed by atoms with Crippen molar-refractivity contribution in [1.29, 1.82) is 0 Å². The van der Waals surface area contributed by atoms with Crippen LogP contribution in [0, 0.1) is 0 Å². The fourth-order valence-corrected chi connectivity index (χ4v) is 3.10. The van der Waals surface area contributed by atoms with Gasteiger partial charge in [0, 0.05) is 11.3 Å². The second-order valence-electron chi connectivity index (χ2n) is 5.61. The van der Waals surface area contributed by atoms with Crippen LogP contribution in [0.25, 0.3) is 10.8 Å². The zero-order valence-corrected chi connectivity index (χ0v) is 15.8. The van der Waals surface area contributed by atoms with Crippen molar-refractivity contribution in [3.05, 3.63) is 41.5 Å². The molecule has 0 aliphatic carbocycles. The van der Waals surface area contributed by atoms with Gasteiger partial charge in [-0.15, -0.1) is 20.9 Å². The lowest BCUT2D eigenvalue weighted by Crippen LogP contribution is -2.44. The molecule has 156 valence electrons. The number of amides is 2. The summed E-state index contributed by atoms with van der Waals surface area (Å²) in [5, 5.41) is 0.0569. The van der Waals surface area contributed by atoms with Crippen molar-refractivity contribution in [2.24, 2.45) is 0 Å². The van der Waals surface area contributed by atoms with E-state index in [0.29, 0.717) is 5.39 Å². The third kappa shape index (κ3) is 4.01. The predicted molar refractivity (Wildman–Crippen MR) is 92.7 cm³/mol. The van der Waals surface area contributed by atoms with Gasteiger partial charge in [0.15, 0.2) is 6.79 Å². The first-order valence-electron chi connectivity index (χ1n) is 7.80. The van der Waals surface area contributed by atoms with Gasteiger partial charge in [-0.05, 0) is 23.6 Å². The highest BCUT2D eigenvalue weighted by atomic mass is 35.5. The Morgan fingerprint density at radius 1 is 1.07 bits per heavy atom. The number of alkyl halides is 4. The van der Waals surface area contributed by atoms with Crippen molar-refractivity contribution >= 4 is 44.3 Å². The average molecular weight is 454 g/mol. The highest BCUT2D eigenvalue weighted by molar-refractivity contribution is 7.87. The smallest absolute Gasteiger partial charge is 0.468 e. The average Bonchev–Trinajstić information content (AvgIpc) is 2.65. The van der Waals surface area contributed by atoms with Crippen molar-refractivity contribution in [2.45, 2.75) is 5.51 Å². The maximum atomic E-state index is 12.6. The number of carbonyl (C=O) groups excluding carboxylic acids is 2. The molecule has 2 aromatic rings. The van der Waals surface area contributed by atoms with Crippen LogP contribution in [0.1, 0.15) is 20.7 Å². The molecule has 0 spiro atoms. The number of hydrogen-bond donors (Lipinski definition) is 0. The minimum absolute atomic E-state index is 0.0977. The summed E-state index contributed by atoms with van der Waals surface area (Å²) in [5.41, 5.74) is -6.31. The van der Waals surface area contributed by atoms with Crippen molar-refractivity contribution in [3.63, 3.8) is 0 Å². The first-order chi connectivity index (χ1) is 13.6. The molecule has 1 heterocycles. The van der Waals surface area contributed by atoms with E-state index in [2.05, 4.69) is 4.28 Å². The number of halogens is 4. The molecule has 29 heavy (non-hydrogen) atoms. The van der Waals surface area contributed by atoms with Crippen LogP contribution in [-0.2, 0) is 19.1 Å². The van der Waals surface area contributed by atoms with Crippen LogP contribution in [0.5, 0.6) is 5.75 Å². The van der Waals surface area contributed by atoms with Gasteiger partial charge in [0.25, 0.3) is 11.8 Å². The number of hydrogen-bond acceptors (Lipinski definition) is 7. The SMILES string of the molecule is O=C1c2cccc3cc(OCOCCCl)cc(c23)C(=O)N1OS(=O)(=O)C(F)(F)F. The predicted octanol–water partition coefficient (Wildman–Crippen LogP) is 2.81. The Balaban J connectivity index is 2.03. The summed E-state index contributed by atoms with van der Waals surface area (Å²) < 4.78 is 74.6. The quantitative estimate of drug-likeness (QED) is 0.209. The standard InChI is InChI=1S/C16H11ClF3NO7S/c17-4-5-26-8-27-10-6-9-2-1-3-11-13(9)12(7-10)15(23)21(14(11)22)28-29(24,25)16(18,19)20/h1-3,6-7H,4-5,8H2. The molecule has 0 radical (unpaired) electrons. The van der Waals surface area contributed by atoms with Crippen molar-refractivity contribution in [3.8, 4) is 5.75 Å². The number of benzene rings is 2. The maximum Gasteiger partial charge on any atom is 0.525 e. The summed E-state index contributed by atoms with van der Waals surface area (Å²) in [7, 11) is -6.24. The topological polar surface area (TPSA) is 99.2 Å². The summed E-state index contributed by atoms with van der Waals surface area (Å²) in [6.07, 6.45) is 0. The van der Waals surface area contributed by atoms with Gasteiger partial charge in [0.1, 0.15) is 5.75 Å². The Labute approximate surface area is 166 Å². The monoisotopic (exact) mass is 453 g/mol. The van der Waals surface area contributed by atoms with E-state index < -0.39 is 32.5 Å². The van der Waals surface area contributed by atoms with Crippen LogP contribution < -0.4 is 4.74 Å². The zero-order chi connectivity index (χ0) is 21.4. The van der Waals surface area contributed by atoms with Crippen molar-refractivity contribution in [2.75, 3.05) is 19.3 Å². The van der Waals surface area contributed by atoms with Gasteiger partial charge in [-0.1, -0.05) is 12.1 Å². The molecule has 1 aliphatic rings. The second-order valence-corrected chi connectivity index (χ2v) is 7.51. The number of hydroxylamine groups is 2. The Hall–Kier alpha value is -2.41. The summed E-state index contributed by atoms with van der Waals surface area (Å²) >= 11 is 5.46. The Bertz CT molecular complexity index is 1090. The van der Waals surface area contributed by atoms with E-state index >= 15 is 0 Å². The molecule has 0 saturated carbocycles. The van der Waals surface area contributed by atoms with Gasteiger partial charge in [-0.2, -0.15) is 21.6 Å². The summed E-state index contributed by atoms with van der Waals surface area (Å²) in [5.74, 6) is -2.42. The summed E-state index contributed by atoms with van der Waals surface area (Å²) in [6, 6.07) is 6.79. The van der Waals surface area contributed by atoms with Gasteiger partial charge in [-0.3, -0.25) is 9.59 Å². The maximum absolute atomic E-state index is 12.6. The number of ether oxygens (including phenoxy) is 2. The van der Waals surface area contributed by atoms with Crippen LogP contribution >= 0.6 is 11.6 Å². The molecule has 0 unspecified atom stereocenters. The van der Waals surface area contributed by atoms with E-state index in [4.69, 9.17) is 21.1 Å². The van der Waals surface area contributed by atoms with E-state index in [1.165, 1.54) is 18.2 Å². The zero-order valence-electron chi connectivity index (χ0n) is 14.2. The molecule has 0 N–H and O–H groups in total. The Morgan fingerprint density at radius 3 is 2.41 bits per heavy atom. The molecule has 2 amide bonds. The second kappa shape index (κ2) is 7.78. The van der Waals surface area contributed by atoms with Crippen LogP contribution in [0.3, 0.4) is 0 Å². The van der Waals surface area contributed by atoms with Crippen LogP contribution in [0.15, 0.2) is 30.3 Å². The van der Waals surface area contributed by atoms with Gasteiger partial charge in [-0.25, -0.2) is 0 Å². The van der Waals surface area contributed by atoms with Crippen LogP contribution in [-0.4, -0.2) is 50.1 Å². The largest absolute Gasteiger partial charge is 0.525 e. The molecule has 1 aliphatic heterocycles. The lowest BCUT2D eigenvalue weighted by molar-refractivity contribution is -0.0761. The molecule has 0 atom stereocenters. The molecule has 0 saturated heterocycles. The van der Waals surface area contributed by atoms with Crippen molar-refractivity contribution in [1.82, 2.24) is 5.06 Å². The van der Waals surface area contributed by atoms with E-state index in [-0.39, 0.29) is 41.5 Å². The minimum Gasteiger partial charge on any atom is -0.468 e. The first-order valence-corrected chi connectivity index (χ1v) is 9.74. The van der Waals surface area contributed by atoms with E-state index in [1.807, 2.05) is 0 Å². The first kappa shape index (κ1) is 21.3. The number of rotatable bonds is 7. The molecule has 13 heteroatoms. The Morgan fingerprint density at radius 2 is 1.76 bits per heavy atom. The normalized spacial score (nSPS) is 14.6. The van der Waals surface area contributed by atoms with Crippen LogP contribution in [0.2, 0.25) is 0 Å². The van der Waals surface area contributed by atoms with Gasteiger partial charge >= 0.3 is 15.6 Å². The summed E-state index contributed by atoms with van der Waals surface area (Å²) in [6.45, 7) is -0.0381. The molecular weight excluding hydrogens is 443 g/mol.